The van der Waals surface area contributed by atoms with Gasteiger partial charge in [0.05, 0.1) is 10.6 Å². The molecule has 26 heavy (non-hydrogen) atoms. The van der Waals surface area contributed by atoms with Gasteiger partial charge in [0, 0.05) is 12.1 Å². The third kappa shape index (κ3) is 4.12. The molecule has 1 saturated heterocycles. The number of hydrogen-bond donors (Lipinski definition) is 1. The van der Waals surface area contributed by atoms with Crippen LogP contribution in [0.4, 0.5) is 19.3 Å². The second-order valence-electron chi connectivity index (χ2n) is 5.08. The minimum atomic E-state index is -0.959. The minimum Gasteiger partial charge on any atom is -0.451 e. The van der Waals surface area contributed by atoms with Crippen molar-refractivity contribution in [2.24, 2.45) is 0 Å². The van der Waals surface area contributed by atoms with Crippen LogP contribution in [0, 0.1) is 15.4 Å². The predicted molar refractivity (Wildman–Crippen MR) is 99.1 cm³/mol. The van der Waals surface area contributed by atoms with Crippen molar-refractivity contribution in [2.75, 3.05) is 11.9 Å². The predicted octanol–water partition coefficient (Wildman–Crippen LogP) is 3.84. The molecule has 2 heterocycles. The molecule has 3 rings (SSSR count). The number of carbonyl (C=O) groups is 3. The Hall–Kier alpha value is -2.21. The summed E-state index contributed by atoms with van der Waals surface area (Å²) in [6.45, 7) is -0.589. The summed E-state index contributed by atoms with van der Waals surface area (Å²) in [4.78, 5) is 37.1. The Kier molecular flexibility index (Phi) is 5.41. The highest BCUT2D eigenvalue weighted by Crippen LogP contribution is 2.32. The van der Waals surface area contributed by atoms with E-state index in [1.54, 1.807) is 12.1 Å². The van der Waals surface area contributed by atoms with Crippen molar-refractivity contribution < 1.29 is 27.6 Å². The summed E-state index contributed by atoms with van der Waals surface area (Å²) < 4.78 is 32.4. The number of hydrogen-bond acceptors (Lipinski definition) is 5. The standard InChI is InChI=1S/C16H9F2IN2O4S/c17-8-1-3-11(10(18)5-8)20-14(22)7-21-15(23)12(26-16(21)24)6-9-2-4-13(19)25-9/h1-6H,7H2,(H,20,22). The van der Waals surface area contributed by atoms with E-state index >= 15 is 0 Å². The van der Waals surface area contributed by atoms with Crippen LogP contribution in [0.15, 0.2) is 39.7 Å². The summed E-state index contributed by atoms with van der Waals surface area (Å²) in [6, 6.07) is 5.98. The summed E-state index contributed by atoms with van der Waals surface area (Å²) in [7, 11) is 0. The highest BCUT2D eigenvalue weighted by Gasteiger charge is 2.36. The molecule has 1 aliphatic heterocycles. The number of amides is 3. The van der Waals surface area contributed by atoms with Crippen LogP contribution >= 0.6 is 34.4 Å². The minimum absolute atomic E-state index is 0.113. The maximum absolute atomic E-state index is 13.6. The molecular weight excluding hydrogens is 481 g/mol. The van der Waals surface area contributed by atoms with Gasteiger partial charge in [0.25, 0.3) is 11.1 Å². The third-order valence-corrected chi connectivity index (χ3v) is 4.74. The Balaban J connectivity index is 1.69. The molecule has 0 aliphatic carbocycles. The molecule has 10 heteroatoms. The number of carbonyl (C=O) groups excluding carboxylic acids is 3. The number of furan rings is 1. The maximum atomic E-state index is 13.6. The van der Waals surface area contributed by atoms with Gasteiger partial charge in [-0.15, -0.1) is 0 Å². The molecule has 1 aromatic heterocycles. The molecule has 0 unspecified atom stereocenters. The second-order valence-corrected chi connectivity index (χ2v) is 7.14. The molecule has 0 bridgehead atoms. The van der Waals surface area contributed by atoms with Crippen LogP contribution in [0.3, 0.4) is 0 Å². The van der Waals surface area contributed by atoms with Crippen LogP contribution in [0.25, 0.3) is 6.08 Å². The van der Waals surface area contributed by atoms with E-state index in [0.717, 1.165) is 17.0 Å². The summed E-state index contributed by atoms with van der Waals surface area (Å²) in [5, 5.41) is 1.57. The zero-order valence-corrected chi connectivity index (χ0v) is 15.8. The van der Waals surface area contributed by atoms with Gasteiger partial charge in [-0.3, -0.25) is 19.3 Å². The van der Waals surface area contributed by atoms with Crippen LogP contribution in [0.2, 0.25) is 0 Å². The molecule has 0 radical (unpaired) electrons. The molecular formula is C16H9F2IN2O4S. The average molecular weight is 490 g/mol. The normalized spacial score (nSPS) is 15.8. The van der Waals surface area contributed by atoms with E-state index in [-0.39, 0.29) is 10.6 Å². The van der Waals surface area contributed by atoms with Crippen LogP contribution in [0.1, 0.15) is 5.76 Å². The largest absolute Gasteiger partial charge is 0.451 e. The second kappa shape index (κ2) is 7.58. The van der Waals surface area contributed by atoms with E-state index in [1.165, 1.54) is 6.08 Å². The molecule has 1 aromatic carbocycles. The monoisotopic (exact) mass is 490 g/mol. The van der Waals surface area contributed by atoms with Gasteiger partial charge in [-0.1, -0.05) is 0 Å². The van der Waals surface area contributed by atoms with Crippen LogP contribution in [0.5, 0.6) is 0 Å². The fourth-order valence-electron chi connectivity index (χ4n) is 2.10. The van der Waals surface area contributed by atoms with E-state index in [1.807, 2.05) is 22.6 Å². The number of thioether (sulfide) groups is 1. The van der Waals surface area contributed by atoms with E-state index in [0.29, 0.717) is 27.4 Å². The highest BCUT2D eigenvalue weighted by atomic mass is 127. The maximum Gasteiger partial charge on any atom is 0.294 e. The number of anilines is 1. The lowest BCUT2D eigenvalue weighted by Crippen LogP contribution is -2.36. The zero-order valence-electron chi connectivity index (χ0n) is 12.8. The number of benzene rings is 1. The van der Waals surface area contributed by atoms with Crippen molar-refractivity contribution in [3.63, 3.8) is 0 Å². The molecule has 0 spiro atoms. The SMILES string of the molecule is O=C(CN1C(=O)SC(=Cc2ccc(I)o2)C1=O)Nc1ccc(F)cc1F. The van der Waals surface area contributed by atoms with E-state index in [4.69, 9.17) is 4.42 Å². The lowest BCUT2D eigenvalue weighted by Gasteiger charge is -2.12. The Morgan fingerprint density at radius 1 is 1.27 bits per heavy atom. The smallest absolute Gasteiger partial charge is 0.294 e. The van der Waals surface area contributed by atoms with Gasteiger partial charge in [0.2, 0.25) is 5.91 Å². The van der Waals surface area contributed by atoms with Gasteiger partial charge in [0.1, 0.15) is 23.9 Å². The Labute approximate surface area is 163 Å². The van der Waals surface area contributed by atoms with Gasteiger partial charge in [-0.2, -0.15) is 0 Å². The number of imide groups is 1. The summed E-state index contributed by atoms with van der Waals surface area (Å²) in [5.41, 5.74) is -0.246. The fourth-order valence-corrected chi connectivity index (χ4v) is 3.35. The Bertz CT molecular complexity index is 944. The van der Waals surface area contributed by atoms with E-state index < -0.39 is 35.2 Å². The number of halogens is 3. The first-order chi connectivity index (χ1) is 12.3. The molecule has 1 fully saturated rings. The van der Waals surface area contributed by atoms with Gasteiger partial charge in [-0.25, -0.2) is 8.78 Å². The van der Waals surface area contributed by atoms with E-state index in [9.17, 15) is 23.2 Å². The third-order valence-electron chi connectivity index (χ3n) is 3.25. The van der Waals surface area contributed by atoms with Crippen LogP contribution < -0.4 is 5.32 Å². The first-order valence-electron chi connectivity index (χ1n) is 7.09. The van der Waals surface area contributed by atoms with Crippen molar-refractivity contribution in [1.29, 1.82) is 0 Å². The molecule has 2 aromatic rings. The van der Waals surface area contributed by atoms with Gasteiger partial charge in [-0.05, 0) is 58.6 Å². The summed E-state index contributed by atoms with van der Waals surface area (Å²) in [6.07, 6.45) is 1.41. The van der Waals surface area contributed by atoms with Crippen LogP contribution in [-0.2, 0) is 9.59 Å². The molecule has 1 aliphatic rings. The van der Waals surface area contributed by atoms with Gasteiger partial charge >= 0.3 is 0 Å². The number of nitrogens with one attached hydrogen (secondary N) is 1. The summed E-state index contributed by atoms with van der Waals surface area (Å²) >= 11 is 2.63. The first-order valence-corrected chi connectivity index (χ1v) is 8.98. The first kappa shape index (κ1) is 18.6. The zero-order chi connectivity index (χ0) is 18.8. The number of nitrogens with zero attached hydrogens (tertiary/aromatic N) is 1. The van der Waals surface area contributed by atoms with Crippen molar-refractivity contribution in [1.82, 2.24) is 4.90 Å². The molecule has 0 atom stereocenters. The fraction of sp³-hybridized carbons (Fsp3) is 0.0625. The quantitative estimate of drug-likeness (QED) is 0.521. The van der Waals surface area contributed by atoms with Crippen molar-refractivity contribution in [3.05, 3.63) is 56.4 Å². The highest BCUT2D eigenvalue weighted by molar-refractivity contribution is 14.1. The Morgan fingerprint density at radius 3 is 2.69 bits per heavy atom. The molecule has 0 saturated carbocycles. The van der Waals surface area contributed by atoms with Crippen molar-refractivity contribution >= 4 is 63.2 Å². The number of rotatable bonds is 4. The van der Waals surface area contributed by atoms with Gasteiger partial charge < -0.3 is 9.73 Å². The molecule has 6 nitrogen and oxygen atoms in total. The van der Waals surface area contributed by atoms with Gasteiger partial charge in [0.15, 0.2) is 3.77 Å². The Morgan fingerprint density at radius 2 is 2.04 bits per heavy atom. The average Bonchev–Trinajstić information content (AvgIpc) is 3.09. The molecule has 1 N–H and O–H groups in total. The summed E-state index contributed by atoms with van der Waals surface area (Å²) in [5.74, 6) is -2.78. The van der Waals surface area contributed by atoms with Crippen molar-refractivity contribution in [3.8, 4) is 0 Å². The van der Waals surface area contributed by atoms with E-state index in [2.05, 4.69) is 5.32 Å². The molecule has 3 amide bonds. The lowest BCUT2D eigenvalue weighted by molar-refractivity contribution is -0.127. The van der Waals surface area contributed by atoms with Crippen LogP contribution in [-0.4, -0.2) is 28.5 Å². The van der Waals surface area contributed by atoms with Crippen molar-refractivity contribution in [2.45, 2.75) is 0 Å². The molecule has 134 valence electrons. The topological polar surface area (TPSA) is 79.6 Å². The lowest BCUT2D eigenvalue weighted by atomic mass is 10.3.